The van der Waals surface area contributed by atoms with Crippen LogP contribution >= 0.6 is 0 Å². The number of aromatic nitrogens is 1. The fraction of sp³-hybridized carbons (Fsp3) is 0.0833. The van der Waals surface area contributed by atoms with Crippen molar-refractivity contribution in [2.75, 3.05) is 4.90 Å². The van der Waals surface area contributed by atoms with Crippen molar-refractivity contribution in [1.82, 2.24) is 4.98 Å². The van der Waals surface area contributed by atoms with Gasteiger partial charge in [0.2, 0.25) is 0 Å². The van der Waals surface area contributed by atoms with Gasteiger partial charge >= 0.3 is 0 Å². The molecule has 0 bridgehead atoms. The molecule has 1 aromatic heterocycles. The van der Waals surface area contributed by atoms with E-state index in [1.165, 1.54) is 22.2 Å². The van der Waals surface area contributed by atoms with Crippen LogP contribution in [-0.4, -0.2) is 4.98 Å². The normalized spacial score (nSPS) is 14.3. The molecular formula is C36H26N2O. The quantitative estimate of drug-likeness (QED) is 0.235. The molecular weight excluding hydrogens is 476 g/mol. The summed E-state index contributed by atoms with van der Waals surface area (Å²) in [4.78, 5) is 7.15. The summed E-state index contributed by atoms with van der Waals surface area (Å²) in [7, 11) is 0. The second-order valence-electron chi connectivity index (χ2n) is 10.9. The number of fused-ring (bicyclic) bond motifs is 5. The first-order chi connectivity index (χ1) is 19.1. The summed E-state index contributed by atoms with van der Waals surface area (Å²) >= 11 is 0. The van der Waals surface area contributed by atoms with E-state index in [0.29, 0.717) is 0 Å². The lowest BCUT2D eigenvalue weighted by Gasteiger charge is -2.45. The van der Waals surface area contributed by atoms with Crippen LogP contribution in [0.5, 0.6) is 11.5 Å². The number of hydrogen-bond acceptors (Lipinski definition) is 3. The van der Waals surface area contributed by atoms with Crippen molar-refractivity contribution in [3.63, 3.8) is 0 Å². The maximum Gasteiger partial charge on any atom is 0.152 e. The molecule has 0 amide bonds. The van der Waals surface area contributed by atoms with E-state index in [4.69, 9.17) is 9.72 Å². The van der Waals surface area contributed by atoms with Gasteiger partial charge in [-0.25, -0.2) is 0 Å². The highest BCUT2D eigenvalue weighted by Crippen LogP contribution is 2.60. The monoisotopic (exact) mass is 502 g/mol. The summed E-state index contributed by atoms with van der Waals surface area (Å²) in [5.74, 6) is 1.76. The van der Waals surface area contributed by atoms with E-state index in [1.807, 2.05) is 18.3 Å². The molecule has 0 unspecified atom stereocenters. The van der Waals surface area contributed by atoms with Crippen molar-refractivity contribution in [3.05, 3.63) is 133 Å². The number of anilines is 3. The van der Waals surface area contributed by atoms with E-state index in [-0.39, 0.29) is 5.41 Å². The van der Waals surface area contributed by atoms with Crippen LogP contribution in [0.3, 0.4) is 0 Å². The maximum absolute atomic E-state index is 6.60. The van der Waals surface area contributed by atoms with Crippen LogP contribution in [0.25, 0.3) is 33.2 Å². The fourth-order valence-corrected chi connectivity index (χ4v) is 6.22. The standard InChI is InChI=1S/C36H26N2O/c1-36(2)28-14-5-6-15-31(28)38-32-16-7-8-17-33(32)39-34-21-27(19-29(36)35(34)38)23-12-9-13-25(18-23)30-20-24-10-3-4-11-26(24)22-37-30/h3-22H,1-2H3. The van der Waals surface area contributed by atoms with Crippen LogP contribution in [0.15, 0.2) is 121 Å². The van der Waals surface area contributed by atoms with Crippen molar-refractivity contribution in [1.29, 1.82) is 0 Å². The first kappa shape index (κ1) is 22.1. The van der Waals surface area contributed by atoms with Crippen LogP contribution in [-0.2, 0) is 5.41 Å². The molecule has 0 saturated heterocycles. The molecule has 3 heterocycles. The summed E-state index contributed by atoms with van der Waals surface area (Å²) in [5.41, 5.74) is 10.2. The minimum Gasteiger partial charge on any atom is -0.453 e. The third kappa shape index (κ3) is 3.26. The van der Waals surface area contributed by atoms with Gasteiger partial charge in [0.1, 0.15) is 0 Å². The third-order valence-electron chi connectivity index (χ3n) is 8.24. The lowest BCUT2D eigenvalue weighted by atomic mass is 9.72. The molecule has 0 saturated carbocycles. The Morgan fingerprint density at radius 3 is 2.23 bits per heavy atom. The maximum atomic E-state index is 6.60. The molecule has 0 aliphatic carbocycles. The van der Waals surface area contributed by atoms with Gasteiger partial charge in [0.15, 0.2) is 11.5 Å². The van der Waals surface area contributed by atoms with Crippen molar-refractivity contribution < 1.29 is 4.74 Å². The van der Waals surface area contributed by atoms with Crippen LogP contribution in [0.1, 0.15) is 25.0 Å². The van der Waals surface area contributed by atoms with E-state index < -0.39 is 0 Å². The Kier molecular flexibility index (Phi) is 4.57. The summed E-state index contributed by atoms with van der Waals surface area (Å²) < 4.78 is 6.60. The number of rotatable bonds is 2. The van der Waals surface area contributed by atoms with Gasteiger partial charge in [0.25, 0.3) is 0 Å². The van der Waals surface area contributed by atoms with Crippen LogP contribution in [0.2, 0.25) is 0 Å². The highest BCUT2D eigenvalue weighted by atomic mass is 16.5. The number of hydrogen-bond donors (Lipinski definition) is 0. The molecule has 0 radical (unpaired) electrons. The fourth-order valence-electron chi connectivity index (χ4n) is 6.22. The molecule has 3 nitrogen and oxygen atoms in total. The van der Waals surface area contributed by atoms with E-state index in [1.54, 1.807) is 0 Å². The molecule has 3 heteroatoms. The Bertz CT molecular complexity index is 1940. The predicted octanol–water partition coefficient (Wildman–Crippen LogP) is 9.78. The number of ether oxygens (including phenoxy) is 1. The zero-order valence-corrected chi connectivity index (χ0v) is 21.8. The van der Waals surface area contributed by atoms with Crippen LogP contribution < -0.4 is 9.64 Å². The zero-order chi connectivity index (χ0) is 26.1. The highest BCUT2D eigenvalue weighted by Gasteiger charge is 2.41. The van der Waals surface area contributed by atoms with Crippen molar-refractivity contribution in [3.8, 4) is 33.9 Å². The summed E-state index contributed by atoms with van der Waals surface area (Å²) in [6.45, 7) is 4.64. The molecule has 0 fully saturated rings. The van der Waals surface area contributed by atoms with Crippen molar-refractivity contribution in [2.45, 2.75) is 19.3 Å². The average molecular weight is 503 g/mol. The molecule has 0 N–H and O–H groups in total. The van der Waals surface area contributed by atoms with Gasteiger partial charge in [-0.3, -0.25) is 4.98 Å². The second kappa shape index (κ2) is 8.05. The Balaban J connectivity index is 1.32. The van der Waals surface area contributed by atoms with Crippen LogP contribution in [0.4, 0.5) is 17.1 Å². The highest BCUT2D eigenvalue weighted by molar-refractivity contribution is 5.95. The lowest BCUT2D eigenvalue weighted by Crippen LogP contribution is -2.32. The van der Waals surface area contributed by atoms with Crippen molar-refractivity contribution >= 4 is 27.8 Å². The summed E-state index contributed by atoms with van der Waals surface area (Å²) in [6.07, 6.45) is 1.96. The SMILES string of the molecule is CC1(C)c2ccccc2N2c3ccccc3Oc3cc(-c4cccc(-c5cc6ccccc6cn5)c4)cc1c32. The predicted molar refractivity (Wildman–Crippen MR) is 159 cm³/mol. The molecule has 6 aromatic rings. The number of pyridine rings is 1. The smallest absolute Gasteiger partial charge is 0.152 e. The first-order valence-corrected chi connectivity index (χ1v) is 13.4. The topological polar surface area (TPSA) is 25.4 Å². The molecule has 186 valence electrons. The summed E-state index contributed by atoms with van der Waals surface area (Å²) in [6, 6.07) is 40.8. The second-order valence-corrected chi connectivity index (χ2v) is 10.9. The first-order valence-electron chi connectivity index (χ1n) is 13.4. The lowest BCUT2D eigenvalue weighted by molar-refractivity contribution is 0.471. The molecule has 2 aliphatic heterocycles. The minimum absolute atomic E-state index is 0.194. The molecule has 2 aliphatic rings. The van der Waals surface area contributed by atoms with Gasteiger partial charge in [0.05, 0.1) is 22.8 Å². The minimum atomic E-state index is -0.194. The van der Waals surface area contributed by atoms with Gasteiger partial charge in [-0.15, -0.1) is 0 Å². The largest absolute Gasteiger partial charge is 0.453 e. The van der Waals surface area contributed by atoms with E-state index >= 15 is 0 Å². The Morgan fingerprint density at radius 2 is 1.33 bits per heavy atom. The number of benzene rings is 5. The van der Waals surface area contributed by atoms with E-state index in [9.17, 15) is 0 Å². The summed E-state index contributed by atoms with van der Waals surface area (Å²) in [5, 5.41) is 2.34. The molecule has 39 heavy (non-hydrogen) atoms. The zero-order valence-electron chi connectivity index (χ0n) is 21.8. The van der Waals surface area contributed by atoms with Gasteiger partial charge < -0.3 is 9.64 Å². The van der Waals surface area contributed by atoms with Crippen molar-refractivity contribution in [2.24, 2.45) is 0 Å². The van der Waals surface area contributed by atoms with E-state index in [2.05, 4.69) is 122 Å². The van der Waals surface area contributed by atoms with Gasteiger partial charge in [-0.1, -0.05) is 86.6 Å². The Labute approximate surface area is 228 Å². The number of nitrogens with zero attached hydrogens (tertiary/aromatic N) is 2. The van der Waals surface area contributed by atoms with Gasteiger partial charge in [0, 0.05) is 22.6 Å². The van der Waals surface area contributed by atoms with Gasteiger partial charge in [-0.05, 0) is 70.1 Å². The third-order valence-corrected chi connectivity index (χ3v) is 8.24. The number of para-hydroxylation sites is 3. The molecule has 5 aromatic carbocycles. The van der Waals surface area contributed by atoms with Crippen LogP contribution in [0, 0.1) is 0 Å². The Hall–Kier alpha value is -4.89. The van der Waals surface area contributed by atoms with Gasteiger partial charge in [-0.2, -0.15) is 0 Å². The molecule has 0 spiro atoms. The average Bonchev–Trinajstić information content (AvgIpc) is 2.98. The molecule has 8 rings (SSSR count). The molecule has 0 atom stereocenters. The Morgan fingerprint density at radius 1 is 0.590 bits per heavy atom. The van der Waals surface area contributed by atoms with E-state index in [0.717, 1.165) is 50.6 Å².